The van der Waals surface area contributed by atoms with Gasteiger partial charge in [-0.1, -0.05) is 18.2 Å². The first-order valence-corrected chi connectivity index (χ1v) is 11.0. The number of hydrogen-bond donors (Lipinski definition) is 0. The molecule has 1 aliphatic rings. The molecule has 0 aromatic heterocycles. The van der Waals surface area contributed by atoms with Gasteiger partial charge in [-0.15, -0.1) is 0 Å². The van der Waals surface area contributed by atoms with Gasteiger partial charge in [0.15, 0.2) is 9.84 Å². The predicted molar refractivity (Wildman–Crippen MR) is 91.8 cm³/mol. The van der Waals surface area contributed by atoms with E-state index in [4.69, 9.17) is 0 Å². The quantitative estimate of drug-likeness (QED) is 0.795. The van der Waals surface area contributed by atoms with Gasteiger partial charge in [-0.2, -0.15) is 4.31 Å². The summed E-state index contributed by atoms with van der Waals surface area (Å²) >= 11 is 0. The summed E-state index contributed by atoms with van der Waals surface area (Å²) in [5.41, 5.74) is 0. The summed E-state index contributed by atoms with van der Waals surface area (Å²) in [6, 6.07) is 11.9. The third kappa shape index (κ3) is 3.75. The Morgan fingerprint density at radius 2 is 1.56 bits per heavy atom. The fourth-order valence-corrected chi connectivity index (χ4v) is 6.42. The van der Waals surface area contributed by atoms with E-state index in [-0.39, 0.29) is 22.1 Å². The lowest BCUT2D eigenvalue weighted by Crippen LogP contribution is -2.39. The zero-order chi connectivity index (χ0) is 18.1. The molecule has 0 amide bonds. The summed E-state index contributed by atoms with van der Waals surface area (Å²) in [7, 11) is -7.45. The number of hydrogen-bond acceptors (Lipinski definition) is 4. The highest BCUT2D eigenvalue weighted by Gasteiger charge is 2.38. The van der Waals surface area contributed by atoms with E-state index in [1.165, 1.54) is 28.6 Å². The zero-order valence-electron chi connectivity index (χ0n) is 13.4. The standard InChI is InChI=1S/C17H18FNO4S2/c18-14-8-10-17(11-9-14)25(22,23)19-12-4-5-15(19)13-24(20,21)16-6-2-1-3-7-16/h1-3,6-11,15H,4-5,12-13H2. The van der Waals surface area contributed by atoms with Crippen LogP contribution in [0.3, 0.4) is 0 Å². The molecular weight excluding hydrogens is 365 g/mol. The Morgan fingerprint density at radius 1 is 0.920 bits per heavy atom. The second-order valence-electron chi connectivity index (χ2n) is 5.96. The van der Waals surface area contributed by atoms with Crippen molar-refractivity contribution in [3.05, 3.63) is 60.4 Å². The normalized spacial score (nSPS) is 19.2. The van der Waals surface area contributed by atoms with Gasteiger partial charge in [0.2, 0.25) is 10.0 Å². The molecule has 25 heavy (non-hydrogen) atoms. The van der Waals surface area contributed by atoms with Crippen LogP contribution in [0.15, 0.2) is 64.4 Å². The lowest BCUT2D eigenvalue weighted by atomic mass is 10.3. The van der Waals surface area contributed by atoms with Gasteiger partial charge in [0.1, 0.15) is 5.82 Å². The first kappa shape index (κ1) is 18.0. The number of rotatable bonds is 5. The molecule has 1 unspecified atom stereocenters. The van der Waals surface area contributed by atoms with Gasteiger partial charge in [0.25, 0.3) is 0 Å². The average molecular weight is 383 g/mol. The maximum Gasteiger partial charge on any atom is 0.243 e. The van der Waals surface area contributed by atoms with Crippen LogP contribution in [0.2, 0.25) is 0 Å². The zero-order valence-corrected chi connectivity index (χ0v) is 15.0. The van der Waals surface area contributed by atoms with Crippen LogP contribution in [0.4, 0.5) is 4.39 Å². The van der Waals surface area contributed by atoms with Crippen LogP contribution < -0.4 is 0 Å². The van der Waals surface area contributed by atoms with Crippen molar-refractivity contribution < 1.29 is 21.2 Å². The van der Waals surface area contributed by atoms with Gasteiger partial charge < -0.3 is 0 Å². The highest BCUT2D eigenvalue weighted by molar-refractivity contribution is 7.91. The number of halogens is 1. The SMILES string of the molecule is O=S(=O)(CC1CCCN1S(=O)(=O)c1ccc(F)cc1)c1ccccc1. The average Bonchev–Trinajstić information content (AvgIpc) is 3.04. The molecule has 1 aliphatic heterocycles. The fraction of sp³-hybridized carbons (Fsp3) is 0.294. The second-order valence-corrected chi connectivity index (χ2v) is 9.88. The van der Waals surface area contributed by atoms with Crippen LogP contribution >= 0.6 is 0 Å². The van der Waals surface area contributed by atoms with Crippen LogP contribution in [-0.2, 0) is 19.9 Å². The molecule has 8 heteroatoms. The lowest BCUT2D eigenvalue weighted by Gasteiger charge is -2.24. The molecule has 0 saturated carbocycles. The summed E-state index contributed by atoms with van der Waals surface area (Å²) in [5.74, 6) is -0.791. The van der Waals surface area contributed by atoms with E-state index in [1.54, 1.807) is 18.2 Å². The topological polar surface area (TPSA) is 71.5 Å². The van der Waals surface area contributed by atoms with E-state index >= 15 is 0 Å². The number of benzene rings is 2. The molecule has 0 aliphatic carbocycles. The van der Waals surface area contributed by atoms with E-state index in [0.29, 0.717) is 12.8 Å². The molecule has 2 aromatic carbocycles. The molecule has 134 valence electrons. The second kappa shape index (κ2) is 6.86. The van der Waals surface area contributed by atoms with E-state index in [1.807, 2.05) is 0 Å². The van der Waals surface area contributed by atoms with Crippen LogP contribution in [-0.4, -0.2) is 39.5 Å². The molecule has 1 heterocycles. The molecule has 1 atom stereocenters. The van der Waals surface area contributed by atoms with Crippen LogP contribution in [0, 0.1) is 5.82 Å². The predicted octanol–water partition coefficient (Wildman–Crippen LogP) is 2.45. The minimum absolute atomic E-state index is 0.0297. The van der Waals surface area contributed by atoms with Crippen LogP contribution in [0.5, 0.6) is 0 Å². The van der Waals surface area contributed by atoms with Crippen LogP contribution in [0.1, 0.15) is 12.8 Å². The third-order valence-corrected chi connectivity index (χ3v) is 8.04. The first-order valence-electron chi connectivity index (χ1n) is 7.86. The summed E-state index contributed by atoms with van der Waals surface area (Å²) in [6.45, 7) is 0.259. The molecule has 5 nitrogen and oxygen atoms in total. The molecule has 2 aromatic rings. The Bertz CT molecular complexity index is 942. The molecule has 1 fully saturated rings. The maximum atomic E-state index is 13.1. The minimum Gasteiger partial charge on any atom is -0.224 e. The van der Waals surface area contributed by atoms with Crippen molar-refractivity contribution in [3.63, 3.8) is 0 Å². The Morgan fingerprint density at radius 3 is 2.20 bits per heavy atom. The number of sulfone groups is 1. The summed E-state index contributed by atoms with van der Waals surface area (Å²) in [4.78, 5) is 0.152. The van der Waals surface area contributed by atoms with Crippen molar-refractivity contribution >= 4 is 19.9 Å². The van der Waals surface area contributed by atoms with Crippen molar-refractivity contribution in [1.29, 1.82) is 0 Å². The monoisotopic (exact) mass is 383 g/mol. The number of sulfonamides is 1. The van der Waals surface area contributed by atoms with Crippen molar-refractivity contribution in [3.8, 4) is 0 Å². The third-order valence-electron chi connectivity index (χ3n) is 4.26. The van der Waals surface area contributed by atoms with Crippen molar-refractivity contribution in [2.75, 3.05) is 12.3 Å². The van der Waals surface area contributed by atoms with Gasteiger partial charge >= 0.3 is 0 Å². The Kier molecular flexibility index (Phi) is 4.95. The minimum atomic E-state index is -3.86. The van der Waals surface area contributed by atoms with Crippen molar-refractivity contribution in [2.24, 2.45) is 0 Å². The Labute approximate surface area is 147 Å². The van der Waals surface area contributed by atoms with E-state index in [0.717, 1.165) is 12.1 Å². The van der Waals surface area contributed by atoms with E-state index < -0.39 is 31.7 Å². The van der Waals surface area contributed by atoms with E-state index in [2.05, 4.69) is 0 Å². The Hall–Kier alpha value is -1.77. The molecule has 0 radical (unpaired) electrons. The fourth-order valence-electron chi connectivity index (χ4n) is 3.01. The van der Waals surface area contributed by atoms with Gasteiger partial charge in [-0.3, -0.25) is 0 Å². The molecule has 0 spiro atoms. The largest absolute Gasteiger partial charge is 0.243 e. The summed E-state index contributed by atoms with van der Waals surface area (Å²) in [5, 5.41) is 0. The van der Waals surface area contributed by atoms with Crippen molar-refractivity contribution in [1.82, 2.24) is 4.31 Å². The summed E-state index contributed by atoms with van der Waals surface area (Å²) < 4.78 is 65.0. The summed E-state index contributed by atoms with van der Waals surface area (Å²) in [6.07, 6.45) is 1.07. The van der Waals surface area contributed by atoms with Crippen molar-refractivity contribution in [2.45, 2.75) is 28.7 Å². The lowest BCUT2D eigenvalue weighted by molar-refractivity contribution is 0.407. The molecule has 0 bridgehead atoms. The van der Waals surface area contributed by atoms with Crippen LogP contribution in [0.25, 0.3) is 0 Å². The van der Waals surface area contributed by atoms with E-state index in [9.17, 15) is 21.2 Å². The smallest absolute Gasteiger partial charge is 0.224 e. The van der Waals surface area contributed by atoms with Gasteiger partial charge in [0.05, 0.1) is 15.5 Å². The molecule has 3 rings (SSSR count). The molecule has 0 N–H and O–H groups in total. The van der Waals surface area contributed by atoms with Gasteiger partial charge in [-0.25, -0.2) is 21.2 Å². The molecule has 1 saturated heterocycles. The van der Waals surface area contributed by atoms with Gasteiger partial charge in [-0.05, 0) is 49.2 Å². The Balaban J connectivity index is 1.87. The highest BCUT2D eigenvalue weighted by Crippen LogP contribution is 2.28. The maximum absolute atomic E-state index is 13.1. The number of nitrogens with zero attached hydrogens (tertiary/aromatic N) is 1. The highest BCUT2D eigenvalue weighted by atomic mass is 32.2. The first-order chi connectivity index (χ1) is 11.8. The molecular formula is C17H18FNO4S2. The van der Waals surface area contributed by atoms with Gasteiger partial charge in [0, 0.05) is 12.6 Å².